The van der Waals surface area contributed by atoms with Crippen LogP contribution < -0.4 is 11.1 Å². The van der Waals surface area contributed by atoms with Crippen LogP contribution in [0.15, 0.2) is 0 Å². The second-order valence-corrected chi connectivity index (χ2v) is 1.30. The number of hydrogen-bond donors (Lipinski definition) is 3. The number of halogens is 1. The predicted octanol–water partition coefficient (Wildman–Crippen LogP) is -1.52. The lowest BCUT2D eigenvalue weighted by molar-refractivity contribution is -0.123. The number of amides is 1. The Morgan fingerprint density at radius 3 is 2.56 bits per heavy atom. The second kappa shape index (κ2) is 7.68. The van der Waals surface area contributed by atoms with E-state index in [1.165, 1.54) is 0 Å². The van der Waals surface area contributed by atoms with Crippen molar-refractivity contribution in [2.45, 2.75) is 0 Å². The first-order chi connectivity index (χ1) is 3.81. The van der Waals surface area contributed by atoms with Crippen LogP contribution in [0.3, 0.4) is 0 Å². The average Bonchev–Trinajstić information content (AvgIpc) is 1.83. The first kappa shape index (κ1) is 11.5. The molecule has 0 rings (SSSR count). The van der Waals surface area contributed by atoms with Gasteiger partial charge < -0.3 is 16.2 Å². The van der Waals surface area contributed by atoms with Gasteiger partial charge in [0.15, 0.2) is 0 Å². The molecule has 0 unspecified atom stereocenters. The van der Waals surface area contributed by atoms with E-state index in [4.69, 9.17) is 10.8 Å². The van der Waals surface area contributed by atoms with Crippen molar-refractivity contribution in [1.82, 2.24) is 5.32 Å². The van der Waals surface area contributed by atoms with Gasteiger partial charge in [-0.1, -0.05) is 0 Å². The van der Waals surface area contributed by atoms with Crippen molar-refractivity contribution in [2.24, 2.45) is 5.73 Å². The van der Waals surface area contributed by atoms with E-state index >= 15 is 0 Å². The number of rotatable bonds is 3. The Kier molecular flexibility index (Phi) is 9.79. The van der Waals surface area contributed by atoms with Crippen LogP contribution in [0.5, 0.6) is 0 Å². The zero-order chi connectivity index (χ0) is 6.41. The van der Waals surface area contributed by atoms with E-state index < -0.39 is 6.61 Å². The number of nitrogens with two attached hydrogens (primary N) is 1. The molecule has 0 aliphatic heterocycles. The van der Waals surface area contributed by atoms with Gasteiger partial charge in [-0.15, -0.1) is 12.4 Å². The maximum absolute atomic E-state index is 10.2. The molecule has 0 heterocycles. The molecule has 0 aromatic heterocycles. The van der Waals surface area contributed by atoms with E-state index in [2.05, 4.69) is 5.32 Å². The van der Waals surface area contributed by atoms with Crippen molar-refractivity contribution in [2.75, 3.05) is 19.7 Å². The molecule has 0 aromatic carbocycles. The van der Waals surface area contributed by atoms with Gasteiger partial charge in [-0.2, -0.15) is 0 Å². The number of carbonyl (C=O) groups excluding carboxylic acids is 1. The molecule has 1 amide bonds. The van der Waals surface area contributed by atoms with Gasteiger partial charge in [0.05, 0.1) is 0 Å². The van der Waals surface area contributed by atoms with Crippen molar-refractivity contribution < 1.29 is 9.90 Å². The third-order valence-electron chi connectivity index (χ3n) is 0.610. The van der Waals surface area contributed by atoms with E-state index in [1.807, 2.05) is 0 Å². The molecule has 0 saturated carbocycles. The smallest absolute Gasteiger partial charge is 0.245 e. The highest BCUT2D eigenvalue weighted by Gasteiger charge is 1.92. The van der Waals surface area contributed by atoms with Gasteiger partial charge in [-0.05, 0) is 0 Å². The van der Waals surface area contributed by atoms with Gasteiger partial charge >= 0.3 is 0 Å². The van der Waals surface area contributed by atoms with Crippen molar-refractivity contribution in [3.63, 3.8) is 0 Å². The van der Waals surface area contributed by atoms with Crippen molar-refractivity contribution >= 4 is 18.3 Å². The molecule has 4 N–H and O–H groups in total. The van der Waals surface area contributed by atoms with Crippen molar-refractivity contribution in [3.8, 4) is 0 Å². The molecular formula is C4H11ClN2O2. The molecule has 4 nitrogen and oxygen atoms in total. The second-order valence-electron chi connectivity index (χ2n) is 1.30. The third-order valence-corrected chi connectivity index (χ3v) is 0.610. The van der Waals surface area contributed by atoms with Gasteiger partial charge in [0.1, 0.15) is 6.61 Å². The minimum Gasteiger partial charge on any atom is -0.387 e. The van der Waals surface area contributed by atoms with Gasteiger partial charge in [0.25, 0.3) is 0 Å². The Bertz CT molecular complexity index is 79.0. The first-order valence-electron chi connectivity index (χ1n) is 2.39. The third kappa shape index (κ3) is 7.68. The lowest BCUT2D eigenvalue weighted by Gasteiger charge is -1.96. The zero-order valence-electron chi connectivity index (χ0n) is 4.96. The fourth-order valence-electron chi connectivity index (χ4n) is 0.267. The maximum atomic E-state index is 10.2. The highest BCUT2D eigenvalue weighted by Crippen LogP contribution is 1.57. The zero-order valence-corrected chi connectivity index (χ0v) is 5.78. The van der Waals surface area contributed by atoms with Crippen LogP contribution in [0.25, 0.3) is 0 Å². The van der Waals surface area contributed by atoms with Crippen LogP contribution in [-0.4, -0.2) is 30.7 Å². The quantitative estimate of drug-likeness (QED) is 0.462. The van der Waals surface area contributed by atoms with Crippen LogP contribution in [-0.2, 0) is 4.79 Å². The Labute approximate surface area is 59.8 Å². The summed E-state index contributed by atoms with van der Waals surface area (Å²) in [4.78, 5) is 10.2. The Morgan fingerprint density at radius 2 is 2.22 bits per heavy atom. The SMILES string of the molecule is Cl.NCCNC(=O)CO. The summed E-state index contributed by atoms with van der Waals surface area (Å²) in [6.07, 6.45) is 0. The van der Waals surface area contributed by atoms with Crippen LogP contribution in [0.2, 0.25) is 0 Å². The molecule has 0 aromatic rings. The summed E-state index contributed by atoms with van der Waals surface area (Å²) in [7, 11) is 0. The Balaban J connectivity index is 0. The van der Waals surface area contributed by atoms with E-state index in [1.54, 1.807) is 0 Å². The van der Waals surface area contributed by atoms with Gasteiger partial charge in [-0.3, -0.25) is 4.79 Å². The number of aliphatic hydroxyl groups is 1. The molecule has 0 aliphatic rings. The summed E-state index contributed by atoms with van der Waals surface area (Å²) in [5.41, 5.74) is 5.04. The molecular weight excluding hydrogens is 144 g/mol. The molecule has 5 heteroatoms. The van der Waals surface area contributed by atoms with Gasteiger partial charge in [0.2, 0.25) is 5.91 Å². The number of hydrogen-bond acceptors (Lipinski definition) is 3. The minimum absolute atomic E-state index is 0. The summed E-state index contributed by atoms with van der Waals surface area (Å²) in [5, 5.41) is 10.5. The standard InChI is InChI=1S/C4H10N2O2.ClH/c5-1-2-6-4(8)3-7;/h7H,1-3,5H2,(H,6,8);1H. The lowest BCUT2D eigenvalue weighted by atomic mass is 10.6. The summed E-state index contributed by atoms with van der Waals surface area (Å²) in [6, 6.07) is 0. The van der Waals surface area contributed by atoms with Crippen molar-refractivity contribution in [1.29, 1.82) is 0 Å². The lowest BCUT2D eigenvalue weighted by Crippen LogP contribution is -2.30. The van der Waals surface area contributed by atoms with Crippen LogP contribution >= 0.6 is 12.4 Å². The van der Waals surface area contributed by atoms with Crippen LogP contribution in [0.4, 0.5) is 0 Å². The van der Waals surface area contributed by atoms with Crippen LogP contribution in [0.1, 0.15) is 0 Å². The summed E-state index contributed by atoms with van der Waals surface area (Å²) >= 11 is 0. The minimum atomic E-state index is -0.458. The van der Waals surface area contributed by atoms with E-state index in [-0.39, 0.29) is 18.3 Å². The topological polar surface area (TPSA) is 75.3 Å². The monoisotopic (exact) mass is 154 g/mol. The molecule has 56 valence electrons. The average molecular weight is 155 g/mol. The van der Waals surface area contributed by atoms with Crippen molar-refractivity contribution in [3.05, 3.63) is 0 Å². The molecule has 0 radical (unpaired) electrons. The predicted molar refractivity (Wildman–Crippen MR) is 36.4 cm³/mol. The van der Waals surface area contributed by atoms with Gasteiger partial charge in [0, 0.05) is 13.1 Å². The summed E-state index contributed by atoms with van der Waals surface area (Å²) in [6.45, 7) is 0.380. The summed E-state index contributed by atoms with van der Waals surface area (Å²) in [5.74, 6) is -0.379. The van der Waals surface area contributed by atoms with Gasteiger partial charge in [-0.25, -0.2) is 0 Å². The maximum Gasteiger partial charge on any atom is 0.245 e. The van der Waals surface area contributed by atoms with E-state index in [0.717, 1.165) is 0 Å². The molecule has 0 aliphatic carbocycles. The molecule has 0 bridgehead atoms. The number of nitrogens with one attached hydrogen (secondary N) is 1. The number of carbonyl (C=O) groups is 1. The number of aliphatic hydroxyl groups excluding tert-OH is 1. The fourth-order valence-corrected chi connectivity index (χ4v) is 0.267. The van der Waals surface area contributed by atoms with Crippen LogP contribution in [0, 0.1) is 0 Å². The Hall–Kier alpha value is -0.320. The van der Waals surface area contributed by atoms with E-state index in [0.29, 0.717) is 13.1 Å². The highest BCUT2D eigenvalue weighted by atomic mass is 35.5. The normalized spacial score (nSPS) is 7.78. The fraction of sp³-hybridized carbons (Fsp3) is 0.750. The molecule has 0 fully saturated rings. The molecule has 0 saturated heterocycles. The van der Waals surface area contributed by atoms with E-state index in [9.17, 15) is 4.79 Å². The highest BCUT2D eigenvalue weighted by molar-refractivity contribution is 5.85. The largest absolute Gasteiger partial charge is 0.387 e. The Morgan fingerprint density at radius 1 is 1.67 bits per heavy atom. The molecule has 0 spiro atoms. The molecule has 9 heavy (non-hydrogen) atoms. The molecule has 0 atom stereocenters. The first-order valence-corrected chi connectivity index (χ1v) is 2.39. The summed E-state index contributed by atoms with van der Waals surface area (Å²) < 4.78 is 0.